The van der Waals surface area contributed by atoms with Crippen LogP contribution in [0.2, 0.25) is 0 Å². The molecule has 2 heterocycles. The monoisotopic (exact) mass is 321 g/mol. The Morgan fingerprint density at radius 1 is 1.23 bits per heavy atom. The fraction of sp³-hybridized carbons (Fsp3) is 0.143. The van der Waals surface area contributed by atoms with Crippen LogP contribution in [0.5, 0.6) is 0 Å². The van der Waals surface area contributed by atoms with Gasteiger partial charge in [-0.25, -0.2) is 17.5 Å². The van der Waals surface area contributed by atoms with E-state index in [-0.39, 0.29) is 28.5 Å². The molecule has 0 N–H and O–H groups in total. The lowest BCUT2D eigenvalue weighted by molar-refractivity contribution is 0.0562. The van der Waals surface area contributed by atoms with E-state index in [1.54, 1.807) is 12.1 Å². The van der Waals surface area contributed by atoms with Crippen molar-refractivity contribution < 1.29 is 27.2 Å². The van der Waals surface area contributed by atoms with E-state index >= 15 is 0 Å². The van der Waals surface area contributed by atoms with Crippen LogP contribution in [0, 0.1) is 0 Å². The van der Waals surface area contributed by atoms with E-state index < -0.39 is 21.9 Å². The Hall–Kier alpha value is -2.61. The molecule has 0 saturated heterocycles. The largest absolute Gasteiger partial charge is 0.463 e. The normalized spacial score (nSPS) is 15.7. The molecule has 2 aromatic rings. The standard InChI is InChI=1S/C14H11NO6S/c1-20-14(17)11-7-6-9(21-11)8-15-13(16)10-4-2-3-5-12(10)22(15,18)19/h2-7H,8H2,1H3. The topological polar surface area (TPSA) is 93.9 Å². The zero-order chi connectivity index (χ0) is 15.9. The van der Waals surface area contributed by atoms with Gasteiger partial charge in [-0.1, -0.05) is 12.1 Å². The molecule has 1 aliphatic heterocycles. The Labute approximate surface area is 126 Å². The molecule has 22 heavy (non-hydrogen) atoms. The first-order valence-electron chi connectivity index (χ1n) is 6.28. The van der Waals surface area contributed by atoms with Gasteiger partial charge in [0.15, 0.2) is 0 Å². The fourth-order valence-electron chi connectivity index (χ4n) is 2.20. The Morgan fingerprint density at radius 3 is 2.64 bits per heavy atom. The van der Waals surface area contributed by atoms with E-state index in [9.17, 15) is 18.0 Å². The first-order valence-corrected chi connectivity index (χ1v) is 7.72. The Morgan fingerprint density at radius 2 is 1.95 bits per heavy atom. The van der Waals surface area contributed by atoms with Crippen molar-refractivity contribution in [2.75, 3.05) is 7.11 Å². The summed E-state index contributed by atoms with van der Waals surface area (Å²) >= 11 is 0. The number of carbonyl (C=O) groups excluding carboxylic acids is 2. The third-order valence-electron chi connectivity index (χ3n) is 3.26. The molecular formula is C14H11NO6S. The number of fused-ring (bicyclic) bond motifs is 1. The molecule has 8 heteroatoms. The highest BCUT2D eigenvalue weighted by Gasteiger charge is 2.41. The molecule has 0 saturated carbocycles. The molecule has 0 spiro atoms. The number of hydrogen-bond acceptors (Lipinski definition) is 6. The zero-order valence-electron chi connectivity index (χ0n) is 11.5. The van der Waals surface area contributed by atoms with Crippen molar-refractivity contribution in [1.82, 2.24) is 4.31 Å². The fourth-order valence-corrected chi connectivity index (χ4v) is 3.74. The summed E-state index contributed by atoms with van der Waals surface area (Å²) in [6.07, 6.45) is 0. The van der Waals surface area contributed by atoms with E-state index in [1.165, 1.54) is 31.4 Å². The van der Waals surface area contributed by atoms with Gasteiger partial charge in [-0.15, -0.1) is 0 Å². The minimum Gasteiger partial charge on any atom is -0.463 e. The molecule has 0 bridgehead atoms. The van der Waals surface area contributed by atoms with Gasteiger partial charge in [-0.3, -0.25) is 4.79 Å². The van der Waals surface area contributed by atoms with E-state index in [0.717, 1.165) is 4.31 Å². The molecule has 0 radical (unpaired) electrons. The Balaban J connectivity index is 1.93. The smallest absolute Gasteiger partial charge is 0.373 e. The molecule has 3 rings (SSSR count). The molecule has 114 valence electrons. The maximum absolute atomic E-state index is 12.4. The molecule has 0 aliphatic carbocycles. The highest BCUT2D eigenvalue weighted by Crippen LogP contribution is 2.31. The summed E-state index contributed by atoms with van der Waals surface area (Å²) in [4.78, 5) is 23.5. The van der Waals surface area contributed by atoms with Crippen LogP contribution in [0.4, 0.5) is 0 Å². The number of amides is 1. The van der Waals surface area contributed by atoms with Crippen LogP contribution < -0.4 is 0 Å². The molecule has 1 amide bonds. The number of ether oxygens (including phenoxy) is 1. The average molecular weight is 321 g/mol. The molecule has 1 aliphatic rings. The van der Waals surface area contributed by atoms with Crippen molar-refractivity contribution in [3.05, 3.63) is 53.5 Å². The van der Waals surface area contributed by atoms with Crippen molar-refractivity contribution in [3.8, 4) is 0 Å². The van der Waals surface area contributed by atoms with Gasteiger partial charge in [-0.05, 0) is 24.3 Å². The third-order valence-corrected chi connectivity index (χ3v) is 5.05. The van der Waals surface area contributed by atoms with Gasteiger partial charge in [0.1, 0.15) is 10.7 Å². The van der Waals surface area contributed by atoms with Gasteiger partial charge >= 0.3 is 5.97 Å². The number of hydrogen-bond donors (Lipinski definition) is 0. The summed E-state index contributed by atoms with van der Waals surface area (Å²) in [6, 6.07) is 8.77. The summed E-state index contributed by atoms with van der Waals surface area (Å²) in [6.45, 7) is -0.285. The number of methoxy groups -OCH3 is 1. The number of sulfonamides is 1. The Kier molecular flexibility index (Phi) is 3.25. The van der Waals surface area contributed by atoms with Crippen LogP contribution >= 0.6 is 0 Å². The van der Waals surface area contributed by atoms with E-state index in [1.807, 2.05) is 0 Å². The molecule has 0 fully saturated rings. The SMILES string of the molecule is COC(=O)c1ccc(CN2C(=O)c3ccccc3S2(=O)=O)o1. The summed E-state index contributed by atoms with van der Waals surface area (Å²) in [7, 11) is -2.70. The lowest BCUT2D eigenvalue weighted by Crippen LogP contribution is -2.29. The van der Waals surface area contributed by atoms with Crippen LogP contribution in [-0.4, -0.2) is 31.7 Å². The van der Waals surface area contributed by atoms with E-state index in [2.05, 4.69) is 4.74 Å². The highest BCUT2D eigenvalue weighted by atomic mass is 32.2. The number of furan rings is 1. The van der Waals surface area contributed by atoms with Gasteiger partial charge in [0, 0.05) is 0 Å². The van der Waals surface area contributed by atoms with Crippen LogP contribution in [-0.2, 0) is 21.3 Å². The number of nitrogens with zero attached hydrogens (tertiary/aromatic N) is 1. The lowest BCUT2D eigenvalue weighted by atomic mass is 10.2. The lowest BCUT2D eigenvalue weighted by Gasteiger charge is -2.13. The number of esters is 1. The quantitative estimate of drug-likeness (QED) is 0.793. The van der Waals surface area contributed by atoms with Crippen molar-refractivity contribution in [2.24, 2.45) is 0 Å². The first-order chi connectivity index (χ1) is 10.4. The molecule has 7 nitrogen and oxygen atoms in total. The number of rotatable bonds is 3. The summed E-state index contributed by atoms with van der Waals surface area (Å²) < 4.78 is 35.2. The minimum atomic E-state index is -3.90. The summed E-state index contributed by atoms with van der Waals surface area (Å²) in [5, 5.41) is 0. The van der Waals surface area contributed by atoms with Crippen molar-refractivity contribution in [2.45, 2.75) is 11.4 Å². The summed E-state index contributed by atoms with van der Waals surface area (Å²) in [5.74, 6) is -1.18. The highest BCUT2D eigenvalue weighted by molar-refractivity contribution is 7.90. The van der Waals surface area contributed by atoms with Gasteiger partial charge in [-0.2, -0.15) is 0 Å². The molecule has 0 atom stereocenters. The second kappa shape index (κ2) is 4.99. The van der Waals surface area contributed by atoms with Gasteiger partial charge in [0.05, 0.1) is 19.2 Å². The van der Waals surface area contributed by atoms with Crippen molar-refractivity contribution >= 4 is 21.9 Å². The van der Waals surface area contributed by atoms with Gasteiger partial charge in [0.2, 0.25) is 5.76 Å². The van der Waals surface area contributed by atoms with Crippen LogP contribution in [0.15, 0.2) is 45.7 Å². The van der Waals surface area contributed by atoms with Crippen LogP contribution in [0.3, 0.4) is 0 Å². The third kappa shape index (κ3) is 2.08. The van der Waals surface area contributed by atoms with Gasteiger partial charge < -0.3 is 9.15 Å². The first kappa shape index (κ1) is 14.3. The Bertz CT molecular complexity index is 867. The van der Waals surface area contributed by atoms with E-state index in [0.29, 0.717) is 0 Å². The van der Waals surface area contributed by atoms with Crippen molar-refractivity contribution in [3.63, 3.8) is 0 Å². The van der Waals surface area contributed by atoms with E-state index in [4.69, 9.17) is 4.42 Å². The van der Waals surface area contributed by atoms with Crippen LogP contribution in [0.25, 0.3) is 0 Å². The zero-order valence-corrected chi connectivity index (χ0v) is 12.3. The molecule has 0 unspecified atom stereocenters. The second-order valence-electron chi connectivity index (χ2n) is 4.57. The predicted octanol–water partition coefficient (Wildman–Crippen LogP) is 1.41. The molecular weight excluding hydrogens is 310 g/mol. The molecule has 1 aromatic carbocycles. The van der Waals surface area contributed by atoms with Crippen LogP contribution in [0.1, 0.15) is 26.7 Å². The maximum atomic E-state index is 12.4. The second-order valence-corrected chi connectivity index (χ2v) is 6.40. The number of carbonyl (C=O) groups is 2. The van der Waals surface area contributed by atoms with Crippen molar-refractivity contribution in [1.29, 1.82) is 0 Å². The number of benzene rings is 1. The predicted molar refractivity (Wildman–Crippen MR) is 73.5 cm³/mol. The average Bonchev–Trinajstić information content (AvgIpc) is 3.05. The minimum absolute atomic E-state index is 0.0280. The summed E-state index contributed by atoms with van der Waals surface area (Å²) in [5.41, 5.74) is 0.127. The molecule has 1 aromatic heterocycles. The van der Waals surface area contributed by atoms with Gasteiger partial charge in [0.25, 0.3) is 15.9 Å². The maximum Gasteiger partial charge on any atom is 0.373 e.